The predicted octanol–water partition coefficient (Wildman–Crippen LogP) is 3.30. The largest absolute Gasteiger partial charge is 0.325 e. The molecule has 0 heterocycles. The zero-order chi connectivity index (χ0) is 15.1. The first-order chi connectivity index (χ1) is 10.1. The highest BCUT2D eigenvalue weighted by atomic mass is 16.2. The van der Waals surface area contributed by atoms with Crippen molar-refractivity contribution >= 4 is 29.3 Å². The average Bonchev–Trinajstić information content (AvgIpc) is 2.48. The fourth-order valence-corrected chi connectivity index (χ4v) is 1.80. The lowest BCUT2D eigenvalue weighted by Gasteiger charge is -2.09. The van der Waals surface area contributed by atoms with Crippen LogP contribution in [-0.2, 0) is 9.59 Å². The quantitative estimate of drug-likeness (QED) is 0.844. The topological polar surface area (TPSA) is 58.2 Å². The second-order valence-corrected chi connectivity index (χ2v) is 4.46. The summed E-state index contributed by atoms with van der Waals surface area (Å²) in [6.45, 7) is 1.42. The zero-order valence-electron chi connectivity index (χ0n) is 11.7. The van der Waals surface area contributed by atoms with Gasteiger partial charge in [-0.25, -0.2) is 0 Å². The maximum Gasteiger partial charge on any atom is 0.248 e. The van der Waals surface area contributed by atoms with Crippen LogP contribution in [0.2, 0.25) is 0 Å². The molecule has 0 saturated heterocycles. The van der Waals surface area contributed by atoms with E-state index >= 15 is 0 Å². The molecule has 0 unspecified atom stereocenters. The molecule has 2 amide bonds. The molecule has 0 aromatic heterocycles. The second-order valence-electron chi connectivity index (χ2n) is 4.46. The molecule has 2 rings (SSSR count). The van der Waals surface area contributed by atoms with Crippen LogP contribution in [0, 0.1) is 0 Å². The van der Waals surface area contributed by atoms with Gasteiger partial charge in [0.05, 0.1) is 11.4 Å². The molecule has 106 valence electrons. The Morgan fingerprint density at radius 1 is 0.857 bits per heavy atom. The van der Waals surface area contributed by atoms with E-state index in [1.54, 1.807) is 30.3 Å². The number of carbonyl (C=O) groups is 2. The fraction of sp³-hybridized carbons (Fsp3) is 0.0588. The molecule has 0 fully saturated rings. The van der Waals surface area contributed by atoms with Crippen molar-refractivity contribution in [1.29, 1.82) is 0 Å². The van der Waals surface area contributed by atoms with Crippen LogP contribution in [0.5, 0.6) is 0 Å². The van der Waals surface area contributed by atoms with E-state index in [0.717, 1.165) is 5.56 Å². The summed E-state index contributed by atoms with van der Waals surface area (Å²) in [5.74, 6) is -0.437. The molecule has 2 aromatic rings. The molecule has 0 aliphatic rings. The maximum atomic E-state index is 11.9. The minimum Gasteiger partial charge on any atom is -0.325 e. The van der Waals surface area contributed by atoms with E-state index in [4.69, 9.17) is 0 Å². The Balaban J connectivity index is 2.06. The molecule has 0 spiro atoms. The molecule has 21 heavy (non-hydrogen) atoms. The SMILES string of the molecule is CC(=O)Nc1ccccc1NC(=O)C=Cc1ccccc1. The third kappa shape index (κ3) is 4.62. The van der Waals surface area contributed by atoms with Gasteiger partial charge in [-0.3, -0.25) is 9.59 Å². The monoisotopic (exact) mass is 280 g/mol. The third-order valence-corrected chi connectivity index (χ3v) is 2.72. The van der Waals surface area contributed by atoms with Crippen molar-refractivity contribution in [2.45, 2.75) is 6.92 Å². The van der Waals surface area contributed by atoms with Crippen LogP contribution < -0.4 is 10.6 Å². The van der Waals surface area contributed by atoms with E-state index in [9.17, 15) is 9.59 Å². The molecular weight excluding hydrogens is 264 g/mol. The van der Waals surface area contributed by atoms with Crippen LogP contribution in [-0.4, -0.2) is 11.8 Å². The summed E-state index contributed by atoms with van der Waals surface area (Å²) in [6.07, 6.45) is 3.19. The summed E-state index contributed by atoms with van der Waals surface area (Å²) in [7, 11) is 0. The Labute approximate surface area is 123 Å². The molecule has 0 atom stereocenters. The molecule has 4 nitrogen and oxygen atoms in total. The number of para-hydroxylation sites is 2. The molecule has 0 aliphatic carbocycles. The number of carbonyl (C=O) groups excluding carboxylic acids is 2. The molecular formula is C17H16N2O2. The molecule has 0 saturated carbocycles. The first-order valence-electron chi connectivity index (χ1n) is 6.56. The number of amides is 2. The summed E-state index contributed by atoms with van der Waals surface area (Å²) in [4.78, 5) is 23.0. The Kier molecular flexibility index (Phi) is 4.88. The number of hydrogen-bond donors (Lipinski definition) is 2. The van der Waals surface area contributed by atoms with Crippen LogP contribution in [0.15, 0.2) is 60.7 Å². The number of rotatable bonds is 4. The normalized spacial score (nSPS) is 10.3. The third-order valence-electron chi connectivity index (χ3n) is 2.72. The van der Waals surface area contributed by atoms with E-state index in [1.807, 2.05) is 30.3 Å². The number of anilines is 2. The highest BCUT2D eigenvalue weighted by molar-refractivity contribution is 6.05. The summed E-state index contributed by atoms with van der Waals surface area (Å²) < 4.78 is 0. The summed E-state index contributed by atoms with van der Waals surface area (Å²) >= 11 is 0. The minimum absolute atomic E-state index is 0.184. The molecule has 2 aromatic carbocycles. The molecule has 0 radical (unpaired) electrons. The van der Waals surface area contributed by atoms with Gasteiger partial charge in [-0.15, -0.1) is 0 Å². The molecule has 0 bridgehead atoms. The van der Waals surface area contributed by atoms with Gasteiger partial charge in [-0.05, 0) is 23.8 Å². The van der Waals surface area contributed by atoms with Gasteiger partial charge in [0, 0.05) is 13.0 Å². The van der Waals surface area contributed by atoms with Crippen molar-refractivity contribution in [2.75, 3.05) is 10.6 Å². The first kappa shape index (κ1) is 14.5. The Bertz CT molecular complexity index is 664. The maximum absolute atomic E-state index is 11.9. The lowest BCUT2D eigenvalue weighted by molar-refractivity contribution is -0.114. The molecule has 4 heteroatoms. The highest BCUT2D eigenvalue weighted by Crippen LogP contribution is 2.20. The van der Waals surface area contributed by atoms with Gasteiger partial charge in [-0.2, -0.15) is 0 Å². The average molecular weight is 280 g/mol. The molecule has 2 N–H and O–H groups in total. The standard InChI is InChI=1S/C17H16N2O2/c1-13(20)18-15-9-5-6-10-16(15)19-17(21)12-11-14-7-3-2-4-8-14/h2-12H,1H3,(H,18,20)(H,19,21). The van der Waals surface area contributed by atoms with Crippen molar-refractivity contribution in [3.8, 4) is 0 Å². The van der Waals surface area contributed by atoms with Crippen LogP contribution in [0.25, 0.3) is 6.08 Å². The summed E-state index contributed by atoms with van der Waals surface area (Å²) in [5.41, 5.74) is 2.09. The number of hydrogen-bond acceptors (Lipinski definition) is 2. The van der Waals surface area contributed by atoms with E-state index in [-0.39, 0.29) is 11.8 Å². The van der Waals surface area contributed by atoms with Gasteiger partial charge >= 0.3 is 0 Å². The van der Waals surface area contributed by atoms with Gasteiger partial charge in [0.2, 0.25) is 11.8 Å². The van der Waals surface area contributed by atoms with Gasteiger partial charge < -0.3 is 10.6 Å². The van der Waals surface area contributed by atoms with Gasteiger partial charge in [0.1, 0.15) is 0 Å². The number of benzene rings is 2. The lowest BCUT2D eigenvalue weighted by Crippen LogP contribution is -2.12. The van der Waals surface area contributed by atoms with Crippen molar-refractivity contribution in [2.24, 2.45) is 0 Å². The second kappa shape index (κ2) is 7.05. The number of nitrogens with one attached hydrogen (secondary N) is 2. The zero-order valence-corrected chi connectivity index (χ0v) is 11.7. The van der Waals surface area contributed by atoms with E-state index < -0.39 is 0 Å². The van der Waals surface area contributed by atoms with Crippen LogP contribution in [0.1, 0.15) is 12.5 Å². The van der Waals surface area contributed by atoms with Gasteiger partial charge in [0.15, 0.2) is 0 Å². The Hall–Kier alpha value is -2.88. The smallest absolute Gasteiger partial charge is 0.248 e. The van der Waals surface area contributed by atoms with Crippen LogP contribution >= 0.6 is 0 Å². The minimum atomic E-state index is -0.253. The van der Waals surface area contributed by atoms with E-state index in [0.29, 0.717) is 11.4 Å². The highest BCUT2D eigenvalue weighted by Gasteiger charge is 2.05. The molecule has 0 aliphatic heterocycles. The van der Waals surface area contributed by atoms with E-state index in [1.165, 1.54) is 13.0 Å². The predicted molar refractivity (Wildman–Crippen MR) is 84.9 cm³/mol. The van der Waals surface area contributed by atoms with E-state index in [2.05, 4.69) is 10.6 Å². The van der Waals surface area contributed by atoms with Crippen molar-refractivity contribution < 1.29 is 9.59 Å². The summed E-state index contributed by atoms with van der Waals surface area (Å²) in [5, 5.41) is 5.42. The van der Waals surface area contributed by atoms with Gasteiger partial charge in [0.25, 0.3) is 0 Å². The first-order valence-corrected chi connectivity index (χ1v) is 6.56. The van der Waals surface area contributed by atoms with Crippen molar-refractivity contribution in [3.05, 3.63) is 66.2 Å². The van der Waals surface area contributed by atoms with Crippen LogP contribution in [0.4, 0.5) is 11.4 Å². The Morgan fingerprint density at radius 2 is 1.43 bits per heavy atom. The Morgan fingerprint density at radius 3 is 2.05 bits per heavy atom. The fourth-order valence-electron chi connectivity index (χ4n) is 1.80. The van der Waals surface area contributed by atoms with Crippen molar-refractivity contribution in [1.82, 2.24) is 0 Å². The van der Waals surface area contributed by atoms with Crippen molar-refractivity contribution in [3.63, 3.8) is 0 Å². The lowest BCUT2D eigenvalue weighted by atomic mass is 10.2. The van der Waals surface area contributed by atoms with Gasteiger partial charge in [-0.1, -0.05) is 42.5 Å². The summed E-state index contributed by atoms with van der Waals surface area (Å²) in [6, 6.07) is 16.6. The van der Waals surface area contributed by atoms with Crippen LogP contribution in [0.3, 0.4) is 0 Å².